The van der Waals surface area contributed by atoms with E-state index in [4.69, 9.17) is 11.6 Å². The fourth-order valence-electron chi connectivity index (χ4n) is 2.48. The Hall–Kier alpha value is -2.75. The van der Waals surface area contributed by atoms with Crippen LogP contribution in [0.2, 0.25) is 5.02 Å². The molecule has 29 heavy (non-hydrogen) atoms. The number of nitrogens with zero attached hydrogens (tertiary/aromatic N) is 5. The molecule has 7 nitrogen and oxygen atoms in total. The number of thioether (sulfide) groups is 1. The Labute approximate surface area is 180 Å². The first-order valence-corrected chi connectivity index (χ1v) is 10.8. The van der Waals surface area contributed by atoms with Crippen LogP contribution in [0.3, 0.4) is 0 Å². The van der Waals surface area contributed by atoms with E-state index in [0.717, 1.165) is 21.9 Å². The first kappa shape index (κ1) is 19.6. The average molecular weight is 443 g/mol. The van der Waals surface area contributed by atoms with Crippen LogP contribution in [0.15, 0.2) is 60.0 Å². The smallest absolute Gasteiger partial charge is 0.286 e. The molecular formula is C19H15ClN6OS2. The van der Waals surface area contributed by atoms with E-state index in [-0.39, 0.29) is 5.91 Å². The quantitative estimate of drug-likeness (QED) is 0.438. The highest BCUT2D eigenvalue weighted by Crippen LogP contribution is 2.26. The summed E-state index contributed by atoms with van der Waals surface area (Å²) in [6, 6.07) is 15.0. The molecule has 0 fully saturated rings. The van der Waals surface area contributed by atoms with Crippen molar-refractivity contribution in [3.63, 3.8) is 0 Å². The fourth-order valence-corrected chi connectivity index (χ4v) is 4.31. The lowest BCUT2D eigenvalue weighted by Crippen LogP contribution is -2.11. The predicted molar refractivity (Wildman–Crippen MR) is 115 cm³/mol. The predicted octanol–water partition coefficient (Wildman–Crippen LogP) is 4.63. The number of hydrogen-bond donors (Lipinski definition) is 1. The number of aryl methyl sites for hydroxylation is 1. The number of carbonyl (C=O) groups is 1. The average Bonchev–Trinajstić information content (AvgIpc) is 3.37. The van der Waals surface area contributed by atoms with Crippen LogP contribution in [0.1, 0.15) is 20.4 Å². The van der Waals surface area contributed by atoms with Gasteiger partial charge in [-0.15, -0.1) is 20.4 Å². The zero-order valence-electron chi connectivity index (χ0n) is 15.2. The van der Waals surface area contributed by atoms with Crippen molar-refractivity contribution in [2.24, 2.45) is 0 Å². The third-order valence-electron chi connectivity index (χ3n) is 3.90. The second kappa shape index (κ2) is 8.73. The van der Waals surface area contributed by atoms with Gasteiger partial charge in [-0.2, -0.15) is 0 Å². The Morgan fingerprint density at radius 3 is 2.79 bits per heavy atom. The number of amides is 1. The minimum Gasteiger partial charge on any atom is -0.320 e. The molecule has 1 N–H and O–H groups in total. The number of anilines is 1. The van der Waals surface area contributed by atoms with E-state index in [1.165, 1.54) is 23.1 Å². The molecular weight excluding hydrogens is 428 g/mol. The molecule has 0 atom stereocenters. The summed E-state index contributed by atoms with van der Waals surface area (Å²) in [6.45, 7) is 1.99. The number of nitrogens with one attached hydrogen (secondary N) is 1. The van der Waals surface area contributed by atoms with Gasteiger partial charge in [-0.05, 0) is 37.3 Å². The third-order valence-corrected chi connectivity index (χ3v) is 6.19. The van der Waals surface area contributed by atoms with E-state index in [9.17, 15) is 4.79 Å². The van der Waals surface area contributed by atoms with Crippen LogP contribution in [0.25, 0.3) is 5.69 Å². The maximum atomic E-state index is 12.4. The van der Waals surface area contributed by atoms with Crippen molar-refractivity contribution in [2.45, 2.75) is 17.8 Å². The largest absolute Gasteiger partial charge is 0.320 e. The zero-order valence-corrected chi connectivity index (χ0v) is 17.6. The second-order valence-electron chi connectivity index (χ2n) is 6.07. The van der Waals surface area contributed by atoms with Gasteiger partial charge < -0.3 is 5.32 Å². The van der Waals surface area contributed by atoms with Crippen LogP contribution >= 0.6 is 34.7 Å². The summed E-state index contributed by atoms with van der Waals surface area (Å²) in [5.41, 5.74) is 2.73. The highest BCUT2D eigenvalue weighted by atomic mass is 35.5. The number of carbonyl (C=O) groups excluding carboxylic acids is 1. The fraction of sp³-hybridized carbons (Fsp3) is 0.105. The Balaban J connectivity index is 1.41. The second-order valence-corrected chi connectivity index (χ2v) is 8.51. The van der Waals surface area contributed by atoms with Gasteiger partial charge in [0.05, 0.1) is 11.4 Å². The summed E-state index contributed by atoms with van der Waals surface area (Å²) in [4.78, 5) is 12.4. The summed E-state index contributed by atoms with van der Waals surface area (Å²) >= 11 is 8.79. The Morgan fingerprint density at radius 1 is 1.17 bits per heavy atom. The first-order chi connectivity index (χ1) is 14.1. The highest BCUT2D eigenvalue weighted by Gasteiger charge is 2.15. The van der Waals surface area contributed by atoms with E-state index in [0.29, 0.717) is 20.9 Å². The van der Waals surface area contributed by atoms with Crippen molar-refractivity contribution < 1.29 is 4.79 Å². The maximum Gasteiger partial charge on any atom is 0.286 e. The van der Waals surface area contributed by atoms with Crippen molar-refractivity contribution in [3.8, 4) is 5.69 Å². The van der Waals surface area contributed by atoms with Gasteiger partial charge in [0.2, 0.25) is 5.01 Å². The molecule has 2 heterocycles. The van der Waals surface area contributed by atoms with E-state index < -0.39 is 0 Å². The lowest BCUT2D eigenvalue weighted by atomic mass is 10.2. The van der Waals surface area contributed by atoms with Crippen molar-refractivity contribution in [1.29, 1.82) is 0 Å². The molecule has 0 aliphatic carbocycles. The number of benzene rings is 2. The maximum absolute atomic E-state index is 12.4. The summed E-state index contributed by atoms with van der Waals surface area (Å²) < 4.78 is 1.85. The van der Waals surface area contributed by atoms with E-state index in [2.05, 4.69) is 25.7 Å². The first-order valence-electron chi connectivity index (χ1n) is 8.57. The van der Waals surface area contributed by atoms with Crippen LogP contribution in [-0.4, -0.2) is 30.9 Å². The molecule has 0 unspecified atom stereocenters. The van der Waals surface area contributed by atoms with Gasteiger partial charge in [0.1, 0.15) is 11.3 Å². The van der Waals surface area contributed by atoms with E-state index in [1.807, 2.05) is 60.0 Å². The van der Waals surface area contributed by atoms with E-state index in [1.54, 1.807) is 6.33 Å². The lowest BCUT2D eigenvalue weighted by molar-refractivity contribution is 0.102. The van der Waals surface area contributed by atoms with Crippen LogP contribution in [0.4, 0.5) is 5.69 Å². The SMILES string of the molecule is Cc1ccc(NC(=O)c2nnc(CSc3nncn3-c3cccc(Cl)c3)s2)cc1. The molecule has 0 radical (unpaired) electrons. The number of hydrogen-bond acceptors (Lipinski definition) is 7. The summed E-state index contributed by atoms with van der Waals surface area (Å²) in [6.07, 6.45) is 1.63. The molecule has 4 rings (SSSR count). The molecule has 0 bridgehead atoms. The zero-order chi connectivity index (χ0) is 20.2. The van der Waals surface area contributed by atoms with Crippen LogP contribution in [0, 0.1) is 6.92 Å². The molecule has 0 spiro atoms. The number of aromatic nitrogens is 5. The Bertz CT molecular complexity index is 1140. The van der Waals surface area contributed by atoms with E-state index >= 15 is 0 Å². The van der Waals surface area contributed by atoms with Gasteiger partial charge >= 0.3 is 0 Å². The molecule has 0 saturated heterocycles. The topological polar surface area (TPSA) is 85.6 Å². The van der Waals surface area contributed by atoms with Crippen molar-refractivity contribution in [3.05, 3.63) is 75.5 Å². The van der Waals surface area contributed by atoms with Crippen LogP contribution in [0.5, 0.6) is 0 Å². The van der Waals surface area contributed by atoms with Gasteiger partial charge in [0.25, 0.3) is 5.91 Å². The van der Waals surface area contributed by atoms with Crippen LogP contribution < -0.4 is 5.32 Å². The van der Waals surface area contributed by atoms with Gasteiger partial charge in [0, 0.05) is 10.7 Å². The third kappa shape index (κ3) is 4.81. The lowest BCUT2D eigenvalue weighted by Gasteiger charge is -2.05. The molecule has 2 aromatic carbocycles. The highest BCUT2D eigenvalue weighted by molar-refractivity contribution is 7.98. The summed E-state index contributed by atoms with van der Waals surface area (Å²) in [7, 11) is 0. The normalized spacial score (nSPS) is 10.8. The standard InChI is InChI=1S/C19H15ClN6OS2/c1-12-5-7-14(8-6-12)22-17(27)18-24-23-16(29-18)10-28-19-25-21-11-26(19)15-4-2-3-13(20)9-15/h2-9,11H,10H2,1H3,(H,22,27). The Kier molecular flexibility index (Phi) is 5.89. The van der Waals surface area contributed by atoms with Crippen molar-refractivity contribution in [1.82, 2.24) is 25.0 Å². The van der Waals surface area contributed by atoms with Gasteiger partial charge in [-0.25, -0.2) is 0 Å². The minimum absolute atomic E-state index is 0.273. The molecule has 146 valence electrons. The number of rotatable bonds is 6. The van der Waals surface area contributed by atoms with Gasteiger partial charge in [0.15, 0.2) is 5.16 Å². The molecule has 10 heteroatoms. The molecule has 1 amide bonds. The molecule has 4 aromatic rings. The van der Waals surface area contributed by atoms with Crippen molar-refractivity contribution in [2.75, 3.05) is 5.32 Å². The molecule has 0 aliphatic rings. The molecule has 0 saturated carbocycles. The summed E-state index contributed by atoms with van der Waals surface area (Å²) in [5.74, 6) is 0.249. The van der Waals surface area contributed by atoms with Gasteiger partial charge in [-0.1, -0.05) is 58.5 Å². The summed E-state index contributed by atoms with van der Waals surface area (Å²) in [5, 5.41) is 21.5. The van der Waals surface area contributed by atoms with Crippen molar-refractivity contribution >= 4 is 46.3 Å². The minimum atomic E-state index is -0.273. The Morgan fingerprint density at radius 2 is 2.00 bits per heavy atom. The molecule has 2 aromatic heterocycles. The number of halogens is 1. The molecule has 0 aliphatic heterocycles. The van der Waals surface area contributed by atoms with Crippen LogP contribution in [-0.2, 0) is 5.75 Å². The van der Waals surface area contributed by atoms with Gasteiger partial charge in [-0.3, -0.25) is 9.36 Å². The monoisotopic (exact) mass is 442 g/mol.